The molecule has 9 heteroatoms. The van der Waals surface area contributed by atoms with Crippen LogP contribution in [-0.2, 0) is 4.79 Å². The van der Waals surface area contributed by atoms with Crippen molar-refractivity contribution in [1.29, 1.82) is 0 Å². The monoisotopic (exact) mass is 295 g/mol. The maximum absolute atomic E-state index is 12.3. The fourth-order valence-electron chi connectivity index (χ4n) is 2.64. The van der Waals surface area contributed by atoms with Crippen molar-refractivity contribution in [1.82, 2.24) is 30.4 Å². The van der Waals surface area contributed by atoms with Gasteiger partial charge in [0.05, 0.1) is 6.34 Å². The number of H-pyrrole nitrogens is 1. The van der Waals surface area contributed by atoms with Crippen molar-refractivity contribution in [3.8, 4) is 0 Å². The molecular weight excluding hydrogens is 278 g/mol. The minimum atomic E-state index is -0.307. The van der Waals surface area contributed by atoms with Crippen molar-refractivity contribution in [2.75, 3.05) is 14.1 Å². The number of nitrogens with zero attached hydrogens (tertiary/aromatic N) is 6. The minimum absolute atomic E-state index is 0.0287. The highest BCUT2D eigenvalue weighted by atomic mass is 32.2. The molecule has 0 spiro atoms. The number of rotatable bonds is 3. The van der Waals surface area contributed by atoms with Crippen LogP contribution in [0.5, 0.6) is 0 Å². The van der Waals surface area contributed by atoms with Gasteiger partial charge in [-0.1, -0.05) is 5.21 Å². The molecule has 2 saturated heterocycles. The van der Waals surface area contributed by atoms with E-state index in [1.54, 1.807) is 18.1 Å². The van der Waals surface area contributed by atoms with Crippen LogP contribution in [-0.4, -0.2) is 72.9 Å². The number of thioether (sulfide) groups is 1. The third-order valence-corrected chi connectivity index (χ3v) is 5.03. The molecule has 2 aliphatic heterocycles. The Morgan fingerprint density at radius 3 is 2.85 bits per heavy atom. The molecule has 2 fully saturated rings. The number of amides is 1. The van der Waals surface area contributed by atoms with E-state index in [1.165, 1.54) is 0 Å². The minimum Gasteiger partial charge on any atom is -0.369 e. The van der Waals surface area contributed by atoms with Crippen LogP contribution in [0, 0.1) is 0 Å². The Labute approximate surface area is 121 Å². The van der Waals surface area contributed by atoms with Crippen molar-refractivity contribution in [3.63, 3.8) is 0 Å². The van der Waals surface area contributed by atoms with E-state index in [0.29, 0.717) is 5.82 Å². The second-order valence-electron chi connectivity index (χ2n) is 5.70. The number of fused-ring (bicyclic) bond motifs is 1. The molecule has 3 atom stereocenters. The zero-order chi connectivity index (χ0) is 14.5. The Kier molecular flexibility index (Phi) is 2.96. The van der Waals surface area contributed by atoms with Gasteiger partial charge in [0.15, 0.2) is 11.9 Å². The summed E-state index contributed by atoms with van der Waals surface area (Å²) in [5.74, 6) is 0.592. The molecule has 1 amide bonds. The molecule has 108 valence electrons. The van der Waals surface area contributed by atoms with Gasteiger partial charge in [-0.3, -0.25) is 9.79 Å². The summed E-state index contributed by atoms with van der Waals surface area (Å²) in [6.07, 6.45) is 1.69. The average Bonchev–Trinajstić information content (AvgIpc) is 2.93. The van der Waals surface area contributed by atoms with E-state index >= 15 is 0 Å². The number of nitrogens with one attached hydrogen (secondary N) is 1. The molecule has 0 radical (unpaired) electrons. The maximum Gasteiger partial charge on any atom is 0.252 e. The first kappa shape index (κ1) is 13.3. The molecule has 1 N–H and O–H groups in total. The molecule has 0 saturated carbocycles. The van der Waals surface area contributed by atoms with Gasteiger partial charge >= 0.3 is 0 Å². The lowest BCUT2D eigenvalue weighted by Gasteiger charge is -2.41. The second kappa shape index (κ2) is 4.44. The van der Waals surface area contributed by atoms with E-state index in [9.17, 15) is 4.79 Å². The van der Waals surface area contributed by atoms with Crippen LogP contribution in [0.3, 0.4) is 0 Å². The number of aromatic amines is 1. The summed E-state index contributed by atoms with van der Waals surface area (Å²) in [4.78, 5) is 20.4. The standard InChI is InChI=1S/C11H17N7OS/c1-11(2)7(8-13-15-16-14-8)18-9(19)6(10(18)20-11)12-5-17(3)4/h5-7,10H,1-4H3,(H,13,14,15,16)/t6?,7?,10-/m0/s1. The lowest BCUT2D eigenvalue weighted by Crippen LogP contribution is -2.60. The van der Waals surface area contributed by atoms with Crippen molar-refractivity contribution < 1.29 is 4.79 Å². The van der Waals surface area contributed by atoms with Crippen LogP contribution in [0.15, 0.2) is 4.99 Å². The number of β-lactam (4-membered cyclic amide) rings is 1. The number of carbonyl (C=O) groups excluding carboxylic acids is 1. The van der Waals surface area contributed by atoms with E-state index in [-0.39, 0.29) is 28.1 Å². The number of hydrogen-bond acceptors (Lipinski definition) is 6. The highest BCUT2D eigenvalue weighted by molar-refractivity contribution is 8.01. The van der Waals surface area contributed by atoms with Crippen molar-refractivity contribution in [2.24, 2.45) is 4.99 Å². The van der Waals surface area contributed by atoms with Crippen LogP contribution in [0.1, 0.15) is 25.7 Å². The number of aliphatic imine (C=N–C) groups is 1. The summed E-state index contributed by atoms with van der Waals surface area (Å²) >= 11 is 1.74. The van der Waals surface area contributed by atoms with E-state index in [4.69, 9.17) is 0 Å². The van der Waals surface area contributed by atoms with Crippen LogP contribution in [0.4, 0.5) is 0 Å². The molecule has 0 aliphatic carbocycles. The first-order valence-electron chi connectivity index (χ1n) is 6.35. The van der Waals surface area contributed by atoms with E-state index < -0.39 is 0 Å². The molecule has 1 aromatic heterocycles. The van der Waals surface area contributed by atoms with Crippen molar-refractivity contribution >= 4 is 24.0 Å². The number of hydrogen-bond donors (Lipinski definition) is 1. The highest BCUT2D eigenvalue weighted by Crippen LogP contribution is 2.57. The van der Waals surface area contributed by atoms with Crippen LogP contribution in [0.2, 0.25) is 0 Å². The Balaban J connectivity index is 1.86. The number of aromatic nitrogens is 4. The normalized spacial score (nSPS) is 31.5. The largest absolute Gasteiger partial charge is 0.369 e. The SMILES string of the molecule is CN(C)C=NC1C(=O)N2C(c3nn[nH]n3)C(C)(C)S[C@@H]12. The van der Waals surface area contributed by atoms with Gasteiger partial charge in [0.2, 0.25) is 0 Å². The molecule has 1 aromatic rings. The van der Waals surface area contributed by atoms with Crippen molar-refractivity contribution in [3.05, 3.63) is 5.82 Å². The molecule has 3 heterocycles. The predicted molar refractivity (Wildman–Crippen MR) is 75.2 cm³/mol. The average molecular weight is 295 g/mol. The molecule has 0 aromatic carbocycles. The van der Waals surface area contributed by atoms with Gasteiger partial charge < -0.3 is 9.80 Å². The summed E-state index contributed by atoms with van der Waals surface area (Å²) in [7, 11) is 3.77. The second-order valence-corrected chi connectivity index (χ2v) is 7.47. The molecule has 3 rings (SSSR count). The summed E-state index contributed by atoms with van der Waals surface area (Å²) in [6.45, 7) is 4.19. The lowest BCUT2D eigenvalue weighted by atomic mass is 9.96. The van der Waals surface area contributed by atoms with Gasteiger partial charge in [-0.25, -0.2) is 0 Å². The smallest absolute Gasteiger partial charge is 0.252 e. The Morgan fingerprint density at radius 1 is 1.50 bits per heavy atom. The number of tetrazole rings is 1. The topological polar surface area (TPSA) is 90.4 Å². The zero-order valence-electron chi connectivity index (χ0n) is 11.8. The maximum atomic E-state index is 12.3. The van der Waals surface area contributed by atoms with E-state index in [0.717, 1.165) is 0 Å². The lowest BCUT2D eigenvalue weighted by molar-refractivity contribution is -0.147. The molecule has 2 unspecified atom stereocenters. The van der Waals surface area contributed by atoms with Gasteiger partial charge in [-0.2, -0.15) is 5.21 Å². The van der Waals surface area contributed by atoms with Crippen molar-refractivity contribution in [2.45, 2.75) is 36.1 Å². The van der Waals surface area contributed by atoms with E-state index in [2.05, 4.69) is 39.5 Å². The quantitative estimate of drug-likeness (QED) is 0.475. The van der Waals surface area contributed by atoms with Gasteiger partial charge in [-0.15, -0.1) is 22.0 Å². The molecule has 20 heavy (non-hydrogen) atoms. The first-order chi connectivity index (χ1) is 9.42. The van der Waals surface area contributed by atoms with Gasteiger partial charge in [0.1, 0.15) is 11.4 Å². The van der Waals surface area contributed by atoms with Crippen LogP contribution < -0.4 is 0 Å². The van der Waals surface area contributed by atoms with Gasteiger partial charge in [0, 0.05) is 18.8 Å². The van der Waals surface area contributed by atoms with Crippen LogP contribution in [0.25, 0.3) is 0 Å². The third-order valence-electron chi connectivity index (χ3n) is 3.48. The Hall–Kier alpha value is -1.64. The van der Waals surface area contributed by atoms with Gasteiger partial charge in [0.25, 0.3) is 5.91 Å². The summed E-state index contributed by atoms with van der Waals surface area (Å²) in [5, 5.41) is 14.2. The molecular formula is C11H17N7OS. The fourth-order valence-corrected chi connectivity index (χ4v) is 4.26. The summed E-state index contributed by atoms with van der Waals surface area (Å²) < 4.78 is -0.160. The summed E-state index contributed by atoms with van der Waals surface area (Å²) in [5.41, 5.74) is 0. The third kappa shape index (κ3) is 1.88. The van der Waals surface area contributed by atoms with Crippen LogP contribution >= 0.6 is 11.8 Å². The fraction of sp³-hybridized carbons (Fsp3) is 0.727. The van der Waals surface area contributed by atoms with Gasteiger partial charge in [-0.05, 0) is 13.8 Å². The first-order valence-corrected chi connectivity index (χ1v) is 7.23. The predicted octanol–water partition coefficient (Wildman–Crippen LogP) is -0.107. The van der Waals surface area contributed by atoms with E-state index in [1.807, 2.05) is 23.9 Å². The molecule has 0 bridgehead atoms. The summed E-state index contributed by atoms with van der Waals surface area (Å²) in [6, 6.07) is -0.465. The zero-order valence-corrected chi connectivity index (χ0v) is 12.6. The number of carbonyl (C=O) groups is 1. The Morgan fingerprint density at radius 2 is 2.25 bits per heavy atom. The Bertz CT molecular complexity index is 541. The molecule has 8 nitrogen and oxygen atoms in total. The highest BCUT2D eigenvalue weighted by Gasteiger charge is 2.63. The molecule has 2 aliphatic rings.